The van der Waals surface area contributed by atoms with E-state index in [1.54, 1.807) is 6.92 Å². The average molecular weight is 329 g/mol. The molecule has 2 aliphatic rings. The van der Waals surface area contributed by atoms with Gasteiger partial charge in [0.05, 0.1) is 0 Å². The van der Waals surface area contributed by atoms with Crippen LogP contribution >= 0.6 is 0 Å². The van der Waals surface area contributed by atoms with Crippen LogP contribution in [-0.2, 0) is 4.79 Å². The molecular weight excluding hydrogens is 284 g/mol. The van der Waals surface area contributed by atoms with E-state index in [1.807, 2.05) is 27.7 Å². The van der Waals surface area contributed by atoms with E-state index in [-0.39, 0.29) is 5.91 Å². The Morgan fingerprint density at radius 1 is 0.826 bits per heavy atom. The summed E-state index contributed by atoms with van der Waals surface area (Å²) in [5.74, 6) is 1.57. The number of rotatable bonds is 1. The maximum atomic E-state index is 10.7. The average Bonchev–Trinajstić information content (AvgIpc) is 2.57. The van der Waals surface area contributed by atoms with Crippen molar-refractivity contribution in [1.29, 1.82) is 0 Å². The van der Waals surface area contributed by atoms with Crippen LogP contribution in [0.1, 0.15) is 99.8 Å². The summed E-state index contributed by atoms with van der Waals surface area (Å²) in [4.78, 5) is 10.7. The lowest BCUT2D eigenvalue weighted by Gasteiger charge is -2.28. The predicted octanol–water partition coefficient (Wildman–Crippen LogP) is 5.28. The molecule has 0 aromatic carbocycles. The standard InChI is InChI=1S/C9H17NO.C7H15N.2C2H6/c1-7-5-3-4-6-9(7)10-8(2)11;1-6-4-2-3-5-7(6)8;2*1-2/h7,9H,3-6H2,1-2H3,(H,10,11);6-7H,2-5,8H2,1H3;2*1-2H3. The summed E-state index contributed by atoms with van der Waals surface area (Å²) in [6.45, 7) is 14.1. The number of carbonyl (C=O) groups is 1. The van der Waals surface area contributed by atoms with E-state index in [1.165, 1.54) is 51.4 Å². The lowest BCUT2D eigenvalue weighted by Crippen LogP contribution is -2.39. The molecule has 2 fully saturated rings. The summed E-state index contributed by atoms with van der Waals surface area (Å²) in [5.41, 5.74) is 5.78. The maximum Gasteiger partial charge on any atom is 0.217 e. The van der Waals surface area contributed by atoms with Crippen LogP contribution < -0.4 is 11.1 Å². The molecular formula is C20H44N2O. The molecule has 3 N–H and O–H groups in total. The third-order valence-corrected chi connectivity index (χ3v) is 4.68. The van der Waals surface area contributed by atoms with Gasteiger partial charge in [-0.15, -0.1) is 0 Å². The highest BCUT2D eigenvalue weighted by atomic mass is 16.1. The van der Waals surface area contributed by atoms with Gasteiger partial charge in [-0.05, 0) is 37.5 Å². The molecule has 1 amide bonds. The lowest BCUT2D eigenvalue weighted by atomic mass is 9.86. The molecule has 3 heteroatoms. The number of hydrogen-bond acceptors (Lipinski definition) is 2. The Kier molecular flexibility index (Phi) is 17.5. The van der Waals surface area contributed by atoms with E-state index in [0.29, 0.717) is 18.0 Å². The Morgan fingerprint density at radius 3 is 1.61 bits per heavy atom. The van der Waals surface area contributed by atoms with Crippen LogP contribution in [-0.4, -0.2) is 18.0 Å². The first-order valence-electron chi connectivity index (χ1n) is 10.0. The van der Waals surface area contributed by atoms with Gasteiger partial charge in [0.25, 0.3) is 0 Å². The number of carbonyl (C=O) groups excluding carboxylic acids is 1. The van der Waals surface area contributed by atoms with Crippen molar-refractivity contribution in [3.8, 4) is 0 Å². The minimum atomic E-state index is 0.115. The molecule has 0 aliphatic heterocycles. The molecule has 0 aromatic heterocycles. The van der Waals surface area contributed by atoms with Crippen molar-refractivity contribution < 1.29 is 4.79 Å². The van der Waals surface area contributed by atoms with Crippen molar-refractivity contribution in [2.24, 2.45) is 17.6 Å². The molecule has 0 spiro atoms. The Balaban J connectivity index is 0. The first-order chi connectivity index (χ1) is 11.0. The monoisotopic (exact) mass is 328 g/mol. The summed E-state index contributed by atoms with van der Waals surface area (Å²) in [5, 5.41) is 2.99. The summed E-state index contributed by atoms with van der Waals surface area (Å²) in [6, 6.07) is 0.949. The zero-order valence-corrected chi connectivity index (χ0v) is 17.0. The first kappa shape index (κ1) is 24.7. The normalized spacial score (nSPS) is 29.4. The molecule has 4 unspecified atom stereocenters. The molecule has 140 valence electrons. The van der Waals surface area contributed by atoms with Gasteiger partial charge in [-0.2, -0.15) is 0 Å². The number of nitrogens with two attached hydrogens (primary N) is 1. The van der Waals surface area contributed by atoms with E-state index in [2.05, 4.69) is 19.2 Å². The highest BCUT2D eigenvalue weighted by molar-refractivity contribution is 5.73. The lowest BCUT2D eigenvalue weighted by molar-refractivity contribution is -0.120. The highest BCUT2D eigenvalue weighted by Crippen LogP contribution is 2.23. The van der Waals surface area contributed by atoms with E-state index in [9.17, 15) is 4.79 Å². The van der Waals surface area contributed by atoms with Gasteiger partial charge < -0.3 is 11.1 Å². The van der Waals surface area contributed by atoms with Crippen LogP contribution in [0.15, 0.2) is 0 Å². The largest absolute Gasteiger partial charge is 0.353 e. The number of amides is 1. The molecule has 3 nitrogen and oxygen atoms in total. The molecule has 2 rings (SSSR count). The SMILES string of the molecule is CC.CC.CC(=O)NC1CCCCC1C.CC1CCCCC1N. The highest BCUT2D eigenvalue weighted by Gasteiger charge is 2.21. The van der Waals surface area contributed by atoms with Crippen LogP contribution in [0.2, 0.25) is 0 Å². The second-order valence-corrected chi connectivity index (χ2v) is 6.49. The van der Waals surface area contributed by atoms with E-state index in [0.717, 1.165) is 5.92 Å². The van der Waals surface area contributed by atoms with Crippen molar-refractivity contribution in [1.82, 2.24) is 5.32 Å². The molecule has 23 heavy (non-hydrogen) atoms. The molecule has 0 heterocycles. The van der Waals surface area contributed by atoms with Crippen molar-refractivity contribution in [2.45, 2.75) is 112 Å². The Hall–Kier alpha value is -0.570. The van der Waals surface area contributed by atoms with Gasteiger partial charge in [0.1, 0.15) is 0 Å². The van der Waals surface area contributed by atoms with Crippen molar-refractivity contribution in [3.05, 3.63) is 0 Å². The Labute approximate surface area is 146 Å². The van der Waals surface area contributed by atoms with Gasteiger partial charge in [0.15, 0.2) is 0 Å². The van der Waals surface area contributed by atoms with Crippen LogP contribution in [0.25, 0.3) is 0 Å². The molecule has 4 atom stereocenters. The fraction of sp³-hybridized carbons (Fsp3) is 0.950. The zero-order chi connectivity index (χ0) is 18.3. The van der Waals surface area contributed by atoms with Gasteiger partial charge in [-0.25, -0.2) is 0 Å². The summed E-state index contributed by atoms with van der Waals surface area (Å²) < 4.78 is 0. The third kappa shape index (κ3) is 12.5. The molecule has 0 aromatic rings. The van der Waals surface area contributed by atoms with Crippen LogP contribution in [0.4, 0.5) is 0 Å². The van der Waals surface area contributed by atoms with Crippen molar-refractivity contribution in [2.75, 3.05) is 0 Å². The number of nitrogens with one attached hydrogen (secondary N) is 1. The molecule has 0 bridgehead atoms. The van der Waals surface area contributed by atoms with Gasteiger partial charge in [-0.1, -0.05) is 67.2 Å². The van der Waals surface area contributed by atoms with E-state index < -0.39 is 0 Å². The Morgan fingerprint density at radius 2 is 1.26 bits per heavy atom. The molecule has 0 radical (unpaired) electrons. The van der Waals surface area contributed by atoms with Crippen LogP contribution in [0, 0.1) is 11.8 Å². The van der Waals surface area contributed by atoms with Crippen LogP contribution in [0.5, 0.6) is 0 Å². The minimum Gasteiger partial charge on any atom is -0.353 e. The number of hydrogen-bond donors (Lipinski definition) is 2. The minimum absolute atomic E-state index is 0.115. The first-order valence-corrected chi connectivity index (χ1v) is 10.0. The van der Waals surface area contributed by atoms with Gasteiger partial charge >= 0.3 is 0 Å². The van der Waals surface area contributed by atoms with Gasteiger partial charge in [0.2, 0.25) is 5.91 Å². The third-order valence-electron chi connectivity index (χ3n) is 4.68. The topological polar surface area (TPSA) is 55.1 Å². The zero-order valence-electron chi connectivity index (χ0n) is 17.0. The smallest absolute Gasteiger partial charge is 0.217 e. The van der Waals surface area contributed by atoms with E-state index in [4.69, 9.17) is 5.73 Å². The summed E-state index contributed by atoms with van der Waals surface area (Å²) in [6.07, 6.45) is 10.4. The summed E-state index contributed by atoms with van der Waals surface area (Å²) in [7, 11) is 0. The Bertz CT molecular complexity index is 258. The van der Waals surface area contributed by atoms with E-state index >= 15 is 0 Å². The second-order valence-electron chi connectivity index (χ2n) is 6.49. The van der Waals surface area contributed by atoms with Gasteiger partial charge in [0, 0.05) is 19.0 Å². The molecule has 0 saturated heterocycles. The second kappa shape index (κ2) is 16.3. The summed E-state index contributed by atoms with van der Waals surface area (Å²) >= 11 is 0. The molecule has 2 saturated carbocycles. The molecule has 2 aliphatic carbocycles. The van der Waals surface area contributed by atoms with Crippen molar-refractivity contribution >= 4 is 5.91 Å². The fourth-order valence-corrected chi connectivity index (χ4v) is 3.14. The maximum absolute atomic E-state index is 10.7. The predicted molar refractivity (Wildman–Crippen MR) is 104 cm³/mol. The van der Waals surface area contributed by atoms with Crippen molar-refractivity contribution in [3.63, 3.8) is 0 Å². The fourth-order valence-electron chi connectivity index (χ4n) is 3.14. The quantitative estimate of drug-likeness (QED) is 0.688. The van der Waals surface area contributed by atoms with Gasteiger partial charge in [-0.3, -0.25) is 4.79 Å². The van der Waals surface area contributed by atoms with Crippen LogP contribution in [0.3, 0.4) is 0 Å².